The quantitative estimate of drug-likeness (QED) is 0.854. The molecule has 4 nitrogen and oxygen atoms in total. The molecule has 0 amide bonds. The molecule has 0 spiro atoms. The monoisotopic (exact) mass is 252 g/mol. The van der Waals surface area contributed by atoms with Crippen molar-refractivity contribution in [2.45, 2.75) is 0 Å². The molecule has 94 valence electrons. The van der Waals surface area contributed by atoms with E-state index in [4.69, 9.17) is 10.00 Å². The molecule has 0 heterocycles. The molecule has 1 N–H and O–H groups in total. The van der Waals surface area contributed by atoms with Gasteiger partial charge in [-0.3, -0.25) is 4.99 Å². The molecule has 4 heteroatoms. The van der Waals surface area contributed by atoms with Crippen molar-refractivity contribution >= 4 is 11.9 Å². The first-order valence-electron chi connectivity index (χ1n) is 5.65. The zero-order chi connectivity index (χ0) is 13.7. The van der Waals surface area contributed by atoms with E-state index >= 15 is 0 Å². The van der Waals surface area contributed by atoms with E-state index in [2.05, 4.69) is 11.1 Å². The van der Waals surface area contributed by atoms with Gasteiger partial charge in [-0.25, -0.2) is 0 Å². The summed E-state index contributed by atoms with van der Waals surface area (Å²) in [7, 11) is 1.55. The molecule has 2 rings (SSSR count). The van der Waals surface area contributed by atoms with Crippen molar-refractivity contribution in [2.24, 2.45) is 4.99 Å². The summed E-state index contributed by atoms with van der Waals surface area (Å²) >= 11 is 0. The van der Waals surface area contributed by atoms with Crippen molar-refractivity contribution in [2.75, 3.05) is 7.11 Å². The van der Waals surface area contributed by atoms with Crippen LogP contribution in [0, 0.1) is 11.3 Å². The van der Waals surface area contributed by atoms with Gasteiger partial charge in [-0.15, -0.1) is 0 Å². The topological polar surface area (TPSA) is 65.6 Å². The molecule has 19 heavy (non-hydrogen) atoms. The predicted octanol–water partition coefficient (Wildman–Crippen LogP) is 3.02. The highest BCUT2D eigenvalue weighted by Crippen LogP contribution is 2.23. The molecule has 0 aliphatic carbocycles. The first-order chi connectivity index (χ1) is 9.24. The highest BCUT2D eigenvalue weighted by molar-refractivity contribution is 5.86. The zero-order valence-electron chi connectivity index (χ0n) is 10.4. The summed E-state index contributed by atoms with van der Waals surface area (Å²) in [6.07, 6.45) is 1.51. The van der Waals surface area contributed by atoms with Crippen molar-refractivity contribution in [1.29, 1.82) is 5.26 Å². The Morgan fingerprint density at radius 2 is 2.05 bits per heavy atom. The van der Waals surface area contributed by atoms with Gasteiger partial charge in [0.15, 0.2) is 0 Å². The van der Waals surface area contributed by atoms with E-state index in [-0.39, 0.29) is 5.75 Å². The van der Waals surface area contributed by atoms with Crippen molar-refractivity contribution < 1.29 is 9.84 Å². The number of para-hydroxylation sites is 1. The molecule has 0 unspecified atom stereocenters. The standard InChI is InChI=1S/C15H12N2O2/c1-19-13-6-7-15(18)12(8-13)10-17-14-5-3-2-4-11(14)9-16/h2-8,10,18H,1H3/b17-10+. The number of phenolic OH excluding ortho intramolecular Hbond substituents is 1. The average Bonchev–Trinajstić information content (AvgIpc) is 2.46. The van der Waals surface area contributed by atoms with Crippen LogP contribution in [0.1, 0.15) is 11.1 Å². The van der Waals surface area contributed by atoms with Crippen LogP contribution in [0.25, 0.3) is 0 Å². The summed E-state index contributed by atoms with van der Waals surface area (Å²) in [4.78, 5) is 4.22. The van der Waals surface area contributed by atoms with Crippen LogP contribution in [0.15, 0.2) is 47.5 Å². The Morgan fingerprint density at radius 3 is 2.79 bits per heavy atom. The Morgan fingerprint density at radius 1 is 1.26 bits per heavy atom. The Bertz CT molecular complexity index is 657. The number of phenols is 1. The number of benzene rings is 2. The second-order valence-electron chi connectivity index (χ2n) is 3.81. The third-order valence-corrected chi connectivity index (χ3v) is 2.60. The van der Waals surface area contributed by atoms with E-state index in [1.807, 2.05) is 0 Å². The fraction of sp³-hybridized carbons (Fsp3) is 0.0667. The molecule has 0 aliphatic heterocycles. The molecular weight excluding hydrogens is 240 g/mol. The molecular formula is C15H12N2O2. The molecule has 0 fully saturated rings. The molecule has 0 radical (unpaired) electrons. The number of nitriles is 1. The Hall–Kier alpha value is -2.80. The molecule has 0 atom stereocenters. The third-order valence-electron chi connectivity index (χ3n) is 2.60. The fourth-order valence-corrected chi connectivity index (χ4v) is 1.58. The number of hydrogen-bond acceptors (Lipinski definition) is 4. The predicted molar refractivity (Wildman–Crippen MR) is 73.1 cm³/mol. The van der Waals surface area contributed by atoms with Gasteiger partial charge >= 0.3 is 0 Å². The number of hydrogen-bond donors (Lipinski definition) is 1. The first-order valence-corrected chi connectivity index (χ1v) is 5.65. The Kier molecular flexibility index (Phi) is 3.79. The largest absolute Gasteiger partial charge is 0.507 e. The second-order valence-corrected chi connectivity index (χ2v) is 3.81. The van der Waals surface area contributed by atoms with E-state index in [1.54, 1.807) is 43.5 Å². The lowest BCUT2D eigenvalue weighted by Gasteiger charge is -2.03. The van der Waals surface area contributed by atoms with E-state index < -0.39 is 0 Å². The summed E-state index contributed by atoms with van der Waals surface area (Å²) in [5.74, 6) is 0.742. The maximum atomic E-state index is 9.72. The van der Waals surface area contributed by atoms with Gasteiger partial charge < -0.3 is 9.84 Å². The lowest BCUT2D eigenvalue weighted by atomic mass is 10.2. The van der Waals surface area contributed by atoms with E-state index in [1.165, 1.54) is 12.3 Å². The lowest BCUT2D eigenvalue weighted by molar-refractivity contribution is 0.412. The molecule has 0 aromatic heterocycles. The molecule has 0 bridgehead atoms. The van der Waals surface area contributed by atoms with Crippen LogP contribution >= 0.6 is 0 Å². The minimum Gasteiger partial charge on any atom is -0.507 e. The van der Waals surface area contributed by atoms with E-state index in [0.717, 1.165) is 0 Å². The SMILES string of the molecule is COc1ccc(O)c(/C=N/c2ccccc2C#N)c1. The van der Waals surface area contributed by atoms with Crippen LogP contribution in [0.3, 0.4) is 0 Å². The van der Waals surface area contributed by atoms with Crippen molar-refractivity contribution in [3.05, 3.63) is 53.6 Å². The lowest BCUT2D eigenvalue weighted by Crippen LogP contribution is -1.87. The van der Waals surface area contributed by atoms with E-state index in [0.29, 0.717) is 22.6 Å². The highest BCUT2D eigenvalue weighted by Gasteiger charge is 2.02. The van der Waals surface area contributed by atoms with Crippen LogP contribution in [0.5, 0.6) is 11.5 Å². The summed E-state index contributed by atoms with van der Waals surface area (Å²) in [6, 6.07) is 14.0. The molecule has 2 aromatic rings. The van der Waals surface area contributed by atoms with Crippen molar-refractivity contribution in [3.8, 4) is 17.6 Å². The maximum Gasteiger partial charge on any atom is 0.124 e. The van der Waals surface area contributed by atoms with Gasteiger partial charge in [-0.1, -0.05) is 12.1 Å². The van der Waals surface area contributed by atoms with Crippen LogP contribution in [0.4, 0.5) is 5.69 Å². The second kappa shape index (κ2) is 5.69. The van der Waals surface area contributed by atoms with Crippen LogP contribution in [-0.4, -0.2) is 18.4 Å². The smallest absolute Gasteiger partial charge is 0.124 e. The fourth-order valence-electron chi connectivity index (χ4n) is 1.58. The van der Waals surface area contributed by atoms with Gasteiger partial charge in [0, 0.05) is 11.8 Å². The zero-order valence-corrected chi connectivity index (χ0v) is 10.4. The van der Waals surface area contributed by atoms with Crippen molar-refractivity contribution in [3.63, 3.8) is 0 Å². The third kappa shape index (κ3) is 2.90. The maximum absolute atomic E-state index is 9.72. The minimum absolute atomic E-state index is 0.110. The van der Waals surface area contributed by atoms with Gasteiger partial charge in [0.05, 0.1) is 18.4 Å². The summed E-state index contributed by atoms with van der Waals surface area (Å²) in [5, 5.41) is 18.7. The number of rotatable bonds is 3. The number of nitrogens with zero attached hydrogens (tertiary/aromatic N) is 2. The molecule has 2 aromatic carbocycles. The molecule has 0 aliphatic rings. The van der Waals surface area contributed by atoms with Crippen molar-refractivity contribution in [1.82, 2.24) is 0 Å². The average molecular weight is 252 g/mol. The van der Waals surface area contributed by atoms with Gasteiger partial charge in [-0.05, 0) is 30.3 Å². The number of methoxy groups -OCH3 is 1. The van der Waals surface area contributed by atoms with Crippen LogP contribution in [0.2, 0.25) is 0 Å². The molecule has 0 saturated carbocycles. The Balaban J connectivity index is 2.35. The van der Waals surface area contributed by atoms with Gasteiger partial charge in [0.1, 0.15) is 17.6 Å². The van der Waals surface area contributed by atoms with Gasteiger partial charge in [-0.2, -0.15) is 5.26 Å². The number of aliphatic imine (C=N–C) groups is 1. The molecule has 0 saturated heterocycles. The summed E-state index contributed by atoms with van der Waals surface area (Å²) in [6.45, 7) is 0. The minimum atomic E-state index is 0.110. The Labute approximate surface area is 111 Å². The number of aromatic hydroxyl groups is 1. The van der Waals surface area contributed by atoms with Crippen LogP contribution < -0.4 is 4.74 Å². The first kappa shape index (κ1) is 12.7. The van der Waals surface area contributed by atoms with Crippen LogP contribution in [-0.2, 0) is 0 Å². The normalized spacial score (nSPS) is 10.3. The van der Waals surface area contributed by atoms with Gasteiger partial charge in [0.25, 0.3) is 0 Å². The van der Waals surface area contributed by atoms with E-state index in [9.17, 15) is 5.11 Å². The summed E-state index contributed by atoms with van der Waals surface area (Å²) in [5.41, 5.74) is 1.58. The summed E-state index contributed by atoms with van der Waals surface area (Å²) < 4.78 is 5.08. The highest BCUT2D eigenvalue weighted by atomic mass is 16.5. The van der Waals surface area contributed by atoms with Gasteiger partial charge in [0.2, 0.25) is 0 Å². The number of ether oxygens (including phenoxy) is 1.